The van der Waals surface area contributed by atoms with Gasteiger partial charge in [-0.05, 0) is 37.6 Å². The fourth-order valence-electron chi connectivity index (χ4n) is 2.74. The Bertz CT molecular complexity index is 572. The Morgan fingerprint density at radius 3 is 2.03 bits per heavy atom. The highest BCUT2D eigenvalue weighted by Gasteiger charge is 2.29. The van der Waals surface area contributed by atoms with E-state index >= 15 is 0 Å². The van der Waals surface area contributed by atoms with Gasteiger partial charge >= 0.3 is 5.97 Å². The number of hydrogen-bond donors (Lipinski definition) is 6. The smallest absolute Gasteiger partial charge is 0.326 e. The van der Waals surface area contributed by atoms with Crippen LogP contribution in [0.25, 0.3) is 0 Å². The van der Waals surface area contributed by atoms with E-state index in [0.717, 1.165) is 6.42 Å². The molecule has 0 rings (SSSR count). The van der Waals surface area contributed by atoms with Crippen LogP contribution in [0.3, 0.4) is 0 Å². The van der Waals surface area contributed by atoms with E-state index in [1.807, 2.05) is 27.7 Å². The minimum absolute atomic E-state index is 0.0383. The summed E-state index contributed by atoms with van der Waals surface area (Å²) in [6.45, 7) is 7.54. The number of unbranched alkanes of at least 4 members (excludes halogenated alkanes) is 1. The standard InChI is InChI=1S/C20H39N5O5/c1-5-12(3)16(22)18(27)25-17(13(4)6-2)19(28)23-11-15(26)24-14(20(29)30)9-7-8-10-21/h12-14,16-17H,5-11,21-22H2,1-4H3,(H,23,28)(H,24,26)(H,25,27)(H,29,30). The van der Waals surface area contributed by atoms with Crippen molar-refractivity contribution in [2.24, 2.45) is 23.3 Å². The van der Waals surface area contributed by atoms with E-state index in [1.165, 1.54) is 0 Å². The van der Waals surface area contributed by atoms with Crippen LogP contribution in [0.15, 0.2) is 0 Å². The Balaban J connectivity index is 4.86. The zero-order valence-electron chi connectivity index (χ0n) is 18.6. The summed E-state index contributed by atoms with van der Waals surface area (Å²) in [5, 5.41) is 16.8. The predicted octanol–water partition coefficient (Wildman–Crippen LogP) is -0.295. The zero-order valence-corrected chi connectivity index (χ0v) is 18.6. The average molecular weight is 430 g/mol. The van der Waals surface area contributed by atoms with E-state index in [4.69, 9.17) is 11.5 Å². The largest absolute Gasteiger partial charge is 0.480 e. The third-order valence-electron chi connectivity index (χ3n) is 5.36. The van der Waals surface area contributed by atoms with Gasteiger partial charge in [0.2, 0.25) is 17.7 Å². The van der Waals surface area contributed by atoms with Crippen molar-refractivity contribution in [1.29, 1.82) is 0 Å². The van der Waals surface area contributed by atoms with Gasteiger partial charge in [-0.15, -0.1) is 0 Å². The molecule has 0 bridgehead atoms. The minimum Gasteiger partial charge on any atom is -0.480 e. The van der Waals surface area contributed by atoms with Crippen LogP contribution < -0.4 is 27.4 Å². The van der Waals surface area contributed by atoms with Crippen LogP contribution in [0.5, 0.6) is 0 Å². The van der Waals surface area contributed by atoms with Gasteiger partial charge in [-0.1, -0.05) is 40.5 Å². The quantitative estimate of drug-likeness (QED) is 0.194. The van der Waals surface area contributed by atoms with Crippen molar-refractivity contribution in [2.45, 2.75) is 77.9 Å². The van der Waals surface area contributed by atoms with Crippen molar-refractivity contribution in [3.63, 3.8) is 0 Å². The van der Waals surface area contributed by atoms with Crippen molar-refractivity contribution in [3.8, 4) is 0 Å². The Morgan fingerprint density at radius 1 is 0.933 bits per heavy atom. The van der Waals surface area contributed by atoms with E-state index in [1.54, 1.807) is 0 Å². The van der Waals surface area contributed by atoms with Gasteiger partial charge in [-0.25, -0.2) is 4.79 Å². The summed E-state index contributed by atoms with van der Waals surface area (Å²) in [5.74, 6) is -2.91. The number of amides is 3. The van der Waals surface area contributed by atoms with Crippen LogP contribution in [0.2, 0.25) is 0 Å². The number of carbonyl (C=O) groups is 4. The first-order chi connectivity index (χ1) is 14.1. The topological polar surface area (TPSA) is 177 Å². The molecular weight excluding hydrogens is 390 g/mol. The molecule has 0 aromatic carbocycles. The van der Waals surface area contributed by atoms with Crippen molar-refractivity contribution < 1.29 is 24.3 Å². The predicted molar refractivity (Wildman–Crippen MR) is 114 cm³/mol. The van der Waals surface area contributed by atoms with Crippen molar-refractivity contribution in [2.75, 3.05) is 13.1 Å². The van der Waals surface area contributed by atoms with Crippen molar-refractivity contribution in [1.82, 2.24) is 16.0 Å². The molecule has 8 N–H and O–H groups in total. The summed E-state index contributed by atoms with van der Waals surface area (Å²) in [4.78, 5) is 48.4. The second-order valence-electron chi connectivity index (χ2n) is 7.74. The number of carboxylic acids is 1. The Morgan fingerprint density at radius 2 is 1.53 bits per heavy atom. The Kier molecular flexibility index (Phi) is 13.7. The molecule has 0 heterocycles. The fourth-order valence-corrected chi connectivity index (χ4v) is 2.74. The van der Waals surface area contributed by atoms with Gasteiger partial charge in [0.15, 0.2) is 0 Å². The van der Waals surface area contributed by atoms with Gasteiger partial charge < -0.3 is 32.5 Å². The van der Waals surface area contributed by atoms with E-state index in [0.29, 0.717) is 25.8 Å². The van der Waals surface area contributed by atoms with Gasteiger partial charge in [-0.3, -0.25) is 14.4 Å². The molecule has 0 saturated heterocycles. The van der Waals surface area contributed by atoms with Crippen LogP contribution in [0.4, 0.5) is 0 Å². The summed E-state index contributed by atoms with van der Waals surface area (Å²) in [7, 11) is 0. The number of rotatable bonds is 15. The van der Waals surface area contributed by atoms with Gasteiger partial charge in [0.25, 0.3) is 0 Å². The van der Waals surface area contributed by atoms with Gasteiger partial charge in [0.05, 0.1) is 12.6 Å². The molecule has 30 heavy (non-hydrogen) atoms. The van der Waals surface area contributed by atoms with E-state index in [-0.39, 0.29) is 24.8 Å². The molecule has 0 aliphatic heterocycles. The molecule has 10 heteroatoms. The number of nitrogens with two attached hydrogens (primary N) is 2. The second kappa shape index (κ2) is 14.7. The average Bonchev–Trinajstić information content (AvgIpc) is 2.72. The molecule has 0 spiro atoms. The number of carboxylic acid groups (broad SMARTS) is 1. The molecule has 0 aliphatic carbocycles. The maximum atomic E-state index is 12.6. The summed E-state index contributed by atoms with van der Waals surface area (Å²) in [5.41, 5.74) is 11.3. The highest BCUT2D eigenvalue weighted by molar-refractivity contribution is 5.92. The Labute approximate surface area is 178 Å². The zero-order chi connectivity index (χ0) is 23.3. The number of carbonyl (C=O) groups excluding carboxylic acids is 3. The molecule has 0 aromatic heterocycles. The fraction of sp³-hybridized carbons (Fsp3) is 0.800. The second-order valence-corrected chi connectivity index (χ2v) is 7.74. The third kappa shape index (κ3) is 10.0. The van der Waals surface area contributed by atoms with E-state index in [2.05, 4.69) is 16.0 Å². The van der Waals surface area contributed by atoms with Crippen LogP contribution in [-0.2, 0) is 19.2 Å². The lowest BCUT2D eigenvalue weighted by atomic mass is 9.95. The van der Waals surface area contributed by atoms with E-state index < -0.39 is 41.8 Å². The van der Waals surface area contributed by atoms with Crippen molar-refractivity contribution in [3.05, 3.63) is 0 Å². The third-order valence-corrected chi connectivity index (χ3v) is 5.36. The highest BCUT2D eigenvalue weighted by Crippen LogP contribution is 2.11. The lowest BCUT2D eigenvalue weighted by Gasteiger charge is -2.26. The molecule has 0 aromatic rings. The molecule has 0 aliphatic rings. The molecule has 5 atom stereocenters. The molecular formula is C20H39N5O5. The summed E-state index contributed by atoms with van der Waals surface area (Å²) < 4.78 is 0. The van der Waals surface area contributed by atoms with Gasteiger partial charge in [0, 0.05) is 0 Å². The molecule has 5 unspecified atom stereocenters. The molecule has 0 fully saturated rings. The van der Waals surface area contributed by atoms with Gasteiger partial charge in [0.1, 0.15) is 12.1 Å². The molecule has 0 radical (unpaired) electrons. The maximum Gasteiger partial charge on any atom is 0.326 e. The van der Waals surface area contributed by atoms with Crippen LogP contribution in [-0.4, -0.2) is 60.0 Å². The highest BCUT2D eigenvalue weighted by atomic mass is 16.4. The number of hydrogen-bond acceptors (Lipinski definition) is 6. The van der Waals surface area contributed by atoms with Crippen LogP contribution in [0, 0.1) is 11.8 Å². The molecule has 0 saturated carbocycles. The SMILES string of the molecule is CCC(C)C(N)C(=O)NC(C(=O)NCC(=O)NC(CCCCN)C(=O)O)C(C)CC. The molecule has 3 amide bonds. The monoisotopic (exact) mass is 429 g/mol. The summed E-state index contributed by atoms with van der Waals surface area (Å²) >= 11 is 0. The minimum atomic E-state index is -1.14. The maximum absolute atomic E-state index is 12.6. The van der Waals surface area contributed by atoms with Crippen LogP contribution in [0.1, 0.15) is 59.8 Å². The van der Waals surface area contributed by atoms with Gasteiger partial charge in [-0.2, -0.15) is 0 Å². The summed E-state index contributed by atoms with van der Waals surface area (Å²) in [6.07, 6.45) is 2.84. The van der Waals surface area contributed by atoms with Crippen molar-refractivity contribution >= 4 is 23.7 Å². The number of nitrogens with one attached hydrogen (secondary N) is 3. The molecule has 10 nitrogen and oxygen atoms in total. The normalized spacial score (nSPS) is 15.9. The lowest BCUT2D eigenvalue weighted by Crippen LogP contribution is -2.56. The van der Waals surface area contributed by atoms with Crippen LogP contribution >= 0.6 is 0 Å². The van der Waals surface area contributed by atoms with E-state index in [9.17, 15) is 24.3 Å². The lowest BCUT2D eigenvalue weighted by molar-refractivity contribution is -0.142. The first kappa shape index (κ1) is 27.8. The number of aliphatic carboxylic acids is 1. The summed E-state index contributed by atoms with van der Waals surface area (Å²) in [6, 6.07) is -2.62. The first-order valence-electron chi connectivity index (χ1n) is 10.6. The Hall–Kier alpha value is -2.20. The first-order valence-corrected chi connectivity index (χ1v) is 10.6. The molecule has 174 valence electrons.